The number of ether oxygens (including phenoxy) is 1. The molecule has 1 saturated heterocycles. The Morgan fingerprint density at radius 1 is 1.43 bits per heavy atom. The molecule has 6 heteroatoms. The molecule has 5 nitrogen and oxygen atoms in total. The van der Waals surface area contributed by atoms with E-state index >= 15 is 0 Å². The average Bonchev–Trinajstić information content (AvgIpc) is 2.89. The van der Waals surface area contributed by atoms with Gasteiger partial charge in [0.25, 0.3) is 0 Å². The van der Waals surface area contributed by atoms with Gasteiger partial charge in [-0.3, -0.25) is 9.69 Å². The van der Waals surface area contributed by atoms with E-state index in [0.717, 1.165) is 22.4 Å². The van der Waals surface area contributed by atoms with Crippen LogP contribution in [0.2, 0.25) is 0 Å². The lowest BCUT2D eigenvalue weighted by molar-refractivity contribution is -0.144. The number of aliphatic carboxylic acids is 1. The Labute approximate surface area is 127 Å². The van der Waals surface area contributed by atoms with Crippen LogP contribution < -0.4 is 4.74 Å². The van der Waals surface area contributed by atoms with Crippen LogP contribution in [0.3, 0.4) is 0 Å². The van der Waals surface area contributed by atoms with Crippen molar-refractivity contribution in [1.29, 1.82) is 0 Å². The zero-order valence-electron chi connectivity index (χ0n) is 12.1. The van der Waals surface area contributed by atoms with Crippen LogP contribution in [0, 0.1) is 13.8 Å². The Balaban J connectivity index is 1.92. The van der Waals surface area contributed by atoms with Crippen molar-refractivity contribution >= 4 is 17.7 Å². The molecule has 0 aliphatic carbocycles. The number of carboxylic acid groups (broad SMARTS) is 1. The lowest BCUT2D eigenvalue weighted by Gasteiger charge is -2.38. The summed E-state index contributed by atoms with van der Waals surface area (Å²) in [5.41, 5.74) is 2.85. The quantitative estimate of drug-likeness (QED) is 0.864. The van der Waals surface area contributed by atoms with E-state index in [0.29, 0.717) is 18.2 Å². The summed E-state index contributed by atoms with van der Waals surface area (Å²) in [6.07, 6.45) is -0.715. The summed E-state index contributed by atoms with van der Waals surface area (Å²) in [5.74, 6) is 1.07. The minimum absolute atomic E-state index is 0.310. The third kappa shape index (κ3) is 2.52. The Hall–Kier alpha value is -1.24. The van der Waals surface area contributed by atoms with Gasteiger partial charge in [0.05, 0.1) is 6.04 Å². The van der Waals surface area contributed by atoms with E-state index in [1.54, 1.807) is 11.8 Å². The fourth-order valence-electron chi connectivity index (χ4n) is 3.14. The summed E-state index contributed by atoms with van der Waals surface area (Å²) in [6, 6.07) is 3.09. The molecule has 2 aliphatic rings. The van der Waals surface area contributed by atoms with Crippen molar-refractivity contribution < 1.29 is 19.7 Å². The molecule has 2 N–H and O–H groups in total. The highest BCUT2D eigenvalue weighted by Gasteiger charge is 2.42. The van der Waals surface area contributed by atoms with Gasteiger partial charge >= 0.3 is 5.97 Å². The van der Waals surface area contributed by atoms with E-state index in [1.807, 2.05) is 30.9 Å². The highest BCUT2D eigenvalue weighted by molar-refractivity contribution is 7.99. The van der Waals surface area contributed by atoms with Crippen molar-refractivity contribution in [2.75, 3.05) is 18.2 Å². The first-order chi connectivity index (χ1) is 9.99. The molecule has 0 radical (unpaired) electrons. The highest BCUT2D eigenvalue weighted by atomic mass is 32.2. The van der Waals surface area contributed by atoms with Crippen LogP contribution in [-0.2, 0) is 4.79 Å². The van der Waals surface area contributed by atoms with Gasteiger partial charge in [-0.2, -0.15) is 0 Å². The van der Waals surface area contributed by atoms with Crippen LogP contribution in [0.4, 0.5) is 0 Å². The van der Waals surface area contributed by atoms with E-state index in [-0.39, 0.29) is 6.04 Å². The monoisotopic (exact) mass is 309 g/mol. The van der Waals surface area contributed by atoms with Crippen LogP contribution in [0.25, 0.3) is 0 Å². The van der Waals surface area contributed by atoms with Crippen molar-refractivity contribution in [2.45, 2.75) is 32.0 Å². The minimum Gasteiger partial charge on any atom is -0.491 e. The van der Waals surface area contributed by atoms with Gasteiger partial charge in [-0.1, -0.05) is 11.6 Å². The first-order valence-electron chi connectivity index (χ1n) is 6.97. The molecule has 0 aromatic heterocycles. The second kappa shape index (κ2) is 5.51. The summed E-state index contributed by atoms with van der Waals surface area (Å²) in [5, 5.41) is 20.0. The average molecular weight is 309 g/mol. The number of nitrogens with zero attached hydrogens (tertiary/aromatic N) is 1. The third-order valence-electron chi connectivity index (χ3n) is 4.16. The van der Waals surface area contributed by atoms with E-state index in [9.17, 15) is 15.0 Å². The van der Waals surface area contributed by atoms with Gasteiger partial charge in [-0.15, -0.1) is 11.8 Å². The van der Waals surface area contributed by atoms with Crippen molar-refractivity contribution in [3.05, 3.63) is 28.8 Å². The molecule has 3 atom stereocenters. The molecule has 21 heavy (non-hydrogen) atoms. The Kier molecular flexibility index (Phi) is 3.86. The summed E-state index contributed by atoms with van der Waals surface area (Å²) < 4.78 is 5.83. The Morgan fingerprint density at radius 2 is 2.19 bits per heavy atom. The first-order valence-corrected chi connectivity index (χ1v) is 8.13. The molecule has 0 bridgehead atoms. The summed E-state index contributed by atoms with van der Waals surface area (Å²) in [6.45, 7) is 4.27. The number of benzene rings is 1. The molecular weight excluding hydrogens is 290 g/mol. The Morgan fingerprint density at radius 3 is 2.90 bits per heavy atom. The summed E-state index contributed by atoms with van der Waals surface area (Å²) in [7, 11) is 0. The van der Waals surface area contributed by atoms with Crippen LogP contribution in [0.5, 0.6) is 5.75 Å². The lowest BCUT2D eigenvalue weighted by atomic mass is 9.93. The standard InChI is InChI=1S/C15H19NO4S/c1-8-3-9(2)14-10(4-8)13(17)11(5-20-14)16-7-21-6-12(16)15(18)19/h3-4,11-13,17H,5-7H2,1-2H3,(H,18,19). The molecule has 114 valence electrons. The van der Waals surface area contributed by atoms with Crippen LogP contribution in [0.15, 0.2) is 12.1 Å². The van der Waals surface area contributed by atoms with E-state index in [1.165, 1.54) is 0 Å². The zero-order chi connectivity index (χ0) is 15.1. The summed E-state index contributed by atoms with van der Waals surface area (Å²) in [4.78, 5) is 13.2. The van der Waals surface area contributed by atoms with Gasteiger partial charge in [0.1, 0.15) is 24.5 Å². The highest BCUT2D eigenvalue weighted by Crippen LogP contribution is 2.39. The molecule has 0 spiro atoms. The largest absolute Gasteiger partial charge is 0.491 e. The fraction of sp³-hybridized carbons (Fsp3) is 0.533. The number of aliphatic hydroxyl groups is 1. The number of rotatable bonds is 2. The molecule has 0 amide bonds. The topological polar surface area (TPSA) is 70.0 Å². The van der Waals surface area contributed by atoms with Crippen LogP contribution >= 0.6 is 11.8 Å². The minimum atomic E-state index is -0.835. The van der Waals surface area contributed by atoms with E-state index < -0.39 is 18.1 Å². The third-order valence-corrected chi connectivity index (χ3v) is 5.19. The first kappa shape index (κ1) is 14.7. The number of aliphatic hydroxyl groups excluding tert-OH is 1. The van der Waals surface area contributed by atoms with Gasteiger partial charge in [-0.05, 0) is 25.5 Å². The predicted octanol–water partition coefficient (Wildman–Crippen LogP) is 1.56. The molecule has 1 aromatic carbocycles. The summed E-state index contributed by atoms with van der Waals surface area (Å²) >= 11 is 1.58. The molecule has 1 aromatic rings. The van der Waals surface area contributed by atoms with Crippen molar-refractivity contribution in [3.8, 4) is 5.75 Å². The Bertz CT molecular complexity index is 577. The van der Waals surface area contributed by atoms with Crippen molar-refractivity contribution in [3.63, 3.8) is 0 Å². The van der Waals surface area contributed by atoms with Crippen molar-refractivity contribution in [2.24, 2.45) is 0 Å². The van der Waals surface area contributed by atoms with Crippen LogP contribution in [-0.4, -0.2) is 51.4 Å². The van der Waals surface area contributed by atoms with E-state index in [2.05, 4.69) is 0 Å². The molecule has 0 saturated carbocycles. The normalized spacial score (nSPS) is 29.0. The zero-order valence-corrected chi connectivity index (χ0v) is 12.9. The van der Waals surface area contributed by atoms with Gasteiger partial charge in [0, 0.05) is 17.2 Å². The predicted molar refractivity (Wildman–Crippen MR) is 80.7 cm³/mol. The van der Waals surface area contributed by atoms with Gasteiger partial charge in [-0.25, -0.2) is 0 Å². The number of aryl methyl sites for hydroxylation is 2. The number of thioether (sulfide) groups is 1. The number of carboxylic acids is 1. The molecule has 2 heterocycles. The SMILES string of the molecule is Cc1cc(C)c2c(c1)C(O)C(N1CSCC1C(=O)O)CO2. The second-order valence-electron chi connectivity index (χ2n) is 5.69. The maximum Gasteiger partial charge on any atom is 0.321 e. The van der Waals surface area contributed by atoms with E-state index in [4.69, 9.17) is 4.74 Å². The van der Waals surface area contributed by atoms with Gasteiger partial charge in [0.15, 0.2) is 0 Å². The number of hydrogen-bond acceptors (Lipinski definition) is 5. The van der Waals surface area contributed by atoms with Crippen LogP contribution in [0.1, 0.15) is 22.8 Å². The smallest absolute Gasteiger partial charge is 0.321 e. The fourth-order valence-corrected chi connectivity index (χ4v) is 4.39. The maximum absolute atomic E-state index is 11.3. The molecular formula is C15H19NO4S. The lowest BCUT2D eigenvalue weighted by Crippen LogP contribution is -2.51. The molecule has 2 aliphatic heterocycles. The number of carbonyl (C=O) groups is 1. The second-order valence-corrected chi connectivity index (χ2v) is 6.69. The molecule has 3 unspecified atom stereocenters. The van der Waals surface area contributed by atoms with Gasteiger partial charge in [0.2, 0.25) is 0 Å². The number of fused-ring (bicyclic) bond motifs is 1. The van der Waals surface area contributed by atoms with Crippen molar-refractivity contribution in [1.82, 2.24) is 4.90 Å². The molecule has 3 rings (SSSR count). The maximum atomic E-state index is 11.3. The van der Waals surface area contributed by atoms with Gasteiger partial charge < -0.3 is 14.9 Å². The molecule has 1 fully saturated rings. The number of hydrogen-bond donors (Lipinski definition) is 2.